The Morgan fingerprint density at radius 2 is 2.05 bits per heavy atom. The second kappa shape index (κ2) is 6.57. The van der Waals surface area contributed by atoms with Crippen molar-refractivity contribution in [3.8, 4) is 5.75 Å². The van der Waals surface area contributed by atoms with E-state index >= 15 is 0 Å². The Morgan fingerprint density at radius 1 is 1.32 bits per heavy atom. The molecule has 1 aliphatic rings. The summed E-state index contributed by atoms with van der Waals surface area (Å²) < 4.78 is 15.9. The molecule has 0 radical (unpaired) electrons. The fraction of sp³-hybridized carbons (Fsp3) is 0.533. The molecule has 1 aliphatic heterocycles. The van der Waals surface area contributed by atoms with Gasteiger partial charge in [0.05, 0.1) is 31.7 Å². The summed E-state index contributed by atoms with van der Waals surface area (Å²) in [6.07, 6.45) is 1.25. The van der Waals surface area contributed by atoms with E-state index < -0.39 is 0 Å². The minimum absolute atomic E-state index is 0.0515. The largest absolute Gasteiger partial charge is 0.493 e. The molecular formula is C15H20O4. The first kappa shape index (κ1) is 13.9. The van der Waals surface area contributed by atoms with E-state index in [0.717, 1.165) is 12.2 Å². The number of carbonyl (C=O) groups is 1. The van der Waals surface area contributed by atoms with Gasteiger partial charge in [0, 0.05) is 0 Å². The minimum Gasteiger partial charge on any atom is -0.493 e. The van der Waals surface area contributed by atoms with Crippen molar-refractivity contribution in [3.05, 3.63) is 30.3 Å². The van der Waals surface area contributed by atoms with Gasteiger partial charge in [-0.15, -0.1) is 0 Å². The van der Waals surface area contributed by atoms with Crippen molar-refractivity contribution in [2.45, 2.75) is 19.8 Å². The zero-order chi connectivity index (χ0) is 13.6. The molecule has 2 rings (SSSR count). The zero-order valence-electron chi connectivity index (χ0n) is 11.3. The number of hydrogen-bond donors (Lipinski definition) is 0. The third kappa shape index (κ3) is 3.96. The fourth-order valence-corrected chi connectivity index (χ4v) is 1.85. The normalized spacial score (nSPS) is 16.5. The van der Waals surface area contributed by atoms with Gasteiger partial charge >= 0.3 is 5.97 Å². The number of carbonyl (C=O) groups excluding carboxylic acids is 1. The molecule has 1 aromatic rings. The highest BCUT2D eigenvalue weighted by atomic mass is 16.5. The molecule has 0 unspecified atom stereocenters. The second-order valence-electron chi connectivity index (χ2n) is 4.92. The van der Waals surface area contributed by atoms with Crippen molar-refractivity contribution in [3.63, 3.8) is 0 Å². The molecule has 0 aromatic heterocycles. The van der Waals surface area contributed by atoms with E-state index in [0.29, 0.717) is 26.4 Å². The molecule has 0 bridgehead atoms. The van der Waals surface area contributed by atoms with Gasteiger partial charge in [-0.1, -0.05) is 25.1 Å². The summed E-state index contributed by atoms with van der Waals surface area (Å²) in [5.41, 5.74) is 0.0515. The number of esters is 1. The Hall–Kier alpha value is -1.55. The van der Waals surface area contributed by atoms with Crippen molar-refractivity contribution >= 4 is 5.97 Å². The second-order valence-corrected chi connectivity index (χ2v) is 4.92. The van der Waals surface area contributed by atoms with Gasteiger partial charge in [-0.05, 0) is 18.6 Å². The summed E-state index contributed by atoms with van der Waals surface area (Å²) in [5.74, 6) is 0.559. The Bertz CT molecular complexity index is 392. The van der Waals surface area contributed by atoms with Gasteiger partial charge in [0.15, 0.2) is 0 Å². The number of hydrogen-bond acceptors (Lipinski definition) is 4. The molecule has 1 fully saturated rings. The summed E-state index contributed by atoms with van der Waals surface area (Å²) in [7, 11) is 0. The van der Waals surface area contributed by atoms with E-state index in [2.05, 4.69) is 6.92 Å². The van der Waals surface area contributed by atoms with E-state index in [1.165, 1.54) is 0 Å². The molecule has 0 atom stereocenters. The molecule has 4 heteroatoms. The maximum Gasteiger partial charge on any atom is 0.309 e. The van der Waals surface area contributed by atoms with Gasteiger partial charge in [-0.2, -0.15) is 0 Å². The van der Waals surface area contributed by atoms with Gasteiger partial charge in [0.2, 0.25) is 0 Å². The molecular weight excluding hydrogens is 244 g/mol. The van der Waals surface area contributed by atoms with E-state index in [1.807, 2.05) is 30.3 Å². The summed E-state index contributed by atoms with van der Waals surface area (Å²) in [4.78, 5) is 11.6. The van der Waals surface area contributed by atoms with Gasteiger partial charge < -0.3 is 14.2 Å². The number of benzene rings is 1. The average Bonchev–Trinajstić information content (AvgIpc) is 2.39. The topological polar surface area (TPSA) is 44.8 Å². The van der Waals surface area contributed by atoms with Gasteiger partial charge in [0.1, 0.15) is 12.4 Å². The van der Waals surface area contributed by atoms with E-state index in [4.69, 9.17) is 14.2 Å². The monoisotopic (exact) mass is 264 g/mol. The van der Waals surface area contributed by atoms with Crippen molar-refractivity contribution in [2.75, 3.05) is 26.4 Å². The predicted molar refractivity (Wildman–Crippen MR) is 71.1 cm³/mol. The van der Waals surface area contributed by atoms with Gasteiger partial charge in [-0.3, -0.25) is 4.79 Å². The lowest BCUT2D eigenvalue weighted by atomic mass is 9.84. The minimum atomic E-state index is -0.212. The van der Waals surface area contributed by atoms with E-state index in [9.17, 15) is 4.79 Å². The molecule has 1 saturated heterocycles. The number of ether oxygens (including phenoxy) is 3. The molecule has 0 saturated carbocycles. The molecule has 4 nitrogen and oxygen atoms in total. The van der Waals surface area contributed by atoms with Crippen LogP contribution in [0.3, 0.4) is 0 Å². The van der Waals surface area contributed by atoms with Crippen LogP contribution in [-0.4, -0.2) is 32.4 Å². The molecule has 19 heavy (non-hydrogen) atoms. The van der Waals surface area contributed by atoms with Crippen LogP contribution in [0, 0.1) is 5.41 Å². The highest BCUT2D eigenvalue weighted by Gasteiger charge is 2.38. The Labute approximate surface area is 113 Å². The molecule has 1 aromatic carbocycles. The Balaban J connectivity index is 1.62. The third-order valence-electron chi connectivity index (χ3n) is 3.42. The average molecular weight is 264 g/mol. The Kier molecular flexibility index (Phi) is 4.80. The van der Waals surface area contributed by atoms with Crippen molar-refractivity contribution in [1.29, 1.82) is 0 Å². The first-order valence-electron chi connectivity index (χ1n) is 6.65. The van der Waals surface area contributed by atoms with Crippen molar-refractivity contribution in [1.82, 2.24) is 0 Å². The fourth-order valence-electron chi connectivity index (χ4n) is 1.85. The van der Waals surface area contributed by atoms with Gasteiger partial charge in [0.25, 0.3) is 0 Å². The van der Waals surface area contributed by atoms with E-state index in [-0.39, 0.29) is 17.8 Å². The van der Waals surface area contributed by atoms with E-state index in [1.54, 1.807) is 0 Å². The van der Waals surface area contributed by atoms with Crippen LogP contribution in [0.25, 0.3) is 0 Å². The summed E-state index contributed by atoms with van der Waals surface area (Å²) >= 11 is 0. The van der Waals surface area contributed by atoms with Crippen LogP contribution in [0.2, 0.25) is 0 Å². The SMILES string of the molecule is CCC1(COC(=O)CCOc2ccccc2)COC1. The van der Waals surface area contributed by atoms with Crippen LogP contribution in [0.1, 0.15) is 19.8 Å². The summed E-state index contributed by atoms with van der Waals surface area (Å²) in [5, 5.41) is 0. The predicted octanol–water partition coefficient (Wildman–Crippen LogP) is 2.43. The van der Waals surface area contributed by atoms with Crippen LogP contribution in [0.15, 0.2) is 30.3 Å². The lowest BCUT2D eigenvalue weighted by molar-refractivity contribution is -0.170. The maximum absolute atomic E-state index is 11.6. The highest BCUT2D eigenvalue weighted by Crippen LogP contribution is 2.31. The zero-order valence-corrected chi connectivity index (χ0v) is 11.3. The quantitative estimate of drug-likeness (QED) is 0.709. The first-order valence-corrected chi connectivity index (χ1v) is 6.65. The van der Waals surface area contributed by atoms with Crippen LogP contribution >= 0.6 is 0 Å². The van der Waals surface area contributed by atoms with Crippen LogP contribution in [0.4, 0.5) is 0 Å². The molecule has 0 spiro atoms. The van der Waals surface area contributed by atoms with Crippen LogP contribution < -0.4 is 4.74 Å². The molecule has 1 heterocycles. The molecule has 0 amide bonds. The van der Waals surface area contributed by atoms with Crippen molar-refractivity contribution in [2.24, 2.45) is 5.41 Å². The highest BCUT2D eigenvalue weighted by molar-refractivity contribution is 5.69. The lowest BCUT2D eigenvalue weighted by Gasteiger charge is -2.39. The first-order chi connectivity index (χ1) is 9.24. The van der Waals surface area contributed by atoms with Crippen molar-refractivity contribution < 1.29 is 19.0 Å². The van der Waals surface area contributed by atoms with Gasteiger partial charge in [-0.25, -0.2) is 0 Å². The molecule has 0 N–H and O–H groups in total. The van der Waals surface area contributed by atoms with Crippen LogP contribution in [-0.2, 0) is 14.3 Å². The van der Waals surface area contributed by atoms with Crippen LogP contribution in [0.5, 0.6) is 5.75 Å². The summed E-state index contributed by atoms with van der Waals surface area (Å²) in [6, 6.07) is 9.45. The maximum atomic E-state index is 11.6. The Morgan fingerprint density at radius 3 is 2.63 bits per heavy atom. The standard InChI is InChI=1S/C15H20O4/c1-2-15(10-17-11-15)12-19-14(16)8-9-18-13-6-4-3-5-7-13/h3-7H,2,8-12H2,1H3. The third-order valence-corrected chi connectivity index (χ3v) is 3.42. The molecule has 0 aliphatic carbocycles. The smallest absolute Gasteiger partial charge is 0.309 e. The summed E-state index contributed by atoms with van der Waals surface area (Å²) in [6.45, 7) is 4.27. The number of para-hydroxylation sites is 1. The lowest BCUT2D eigenvalue weighted by Crippen LogP contribution is -2.46. The molecule has 104 valence electrons. The number of rotatable bonds is 7.